The zero-order chi connectivity index (χ0) is 18.0. The summed E-state index contributed by atoms with van der Waals surface area (Å²) in [7, 11) is 0. The van der Waals surface area contributed by atoms with Crippen LogP contribution in [0.5, 0.6) is 0 Å². The highest BCUT2D eigenvalue weighted by atomic mass is 16.5. The van der Waals surface area contributed by atoms with Crippen LogP contribution in [-0.2, 0) is 9.53 Å². The van der Waals surface area contributed by atoms with Crippen molar-refractivity contribution in [2.45, 2.75) is 44.6 Å². The first kappa shape index (κ1) is 19.1. The Kier molecular flexibility index (Phi) is 7.71. The van der Waals surface area contributed by atoms with Crippen LogP contribution < -0.4 is 5.32 Å². The molecule has 2 fully saturated rings. The molecule has 1 amide bonds. The fourth-order valence-electron chi connectivity index (χ4n) is 3.82. The molecule has 2 aliphatic heterocycles. The number of piperidine rings is 1. The summed E-state index contributed by atoms with van der Waals surface area (Å²) in [6.07, 6.45) is 11.0. The highest BCUT2D eigenvalue weighted by molar-refractivity contribution is 5.75. The summed E-state index contributed by atoms with van der Waals surface area (Å²) in [6.45, 7) is 4.83. The van der Waals surface area contributed by atoms with Gasteiger partial charge in [-0.05, 0) is 56.7 Å². The maximum Gasteiger partial charge on any atom is 0.220 e. The van der Waals surface area contributed by atoms with Gasteiger partial charge in [0.25, 0.3) is 0 Å². The highest BCUT2D eigenvalue weighted by Crippen LogP contribution is 2.22. The Morgan fingerprint density at radius 1 is 1.19 bits per heavy atom. The predicted octanol–water partition coefficient (Wildman–Crippen LogP) is 3.49. The van der Waals surface area contributed by atoms with Crippen LogP contribution in [0.15, 0.2) is 36.4 Å². The van der Waals surface area contributed by atoms with Gasteiger partial charge in [0.05, 0.1) is 6.10 Å². The van der Waals surface area contributed by atoms with E-state index in [2.05, 4.69) is 46.6 Å². The fraction of sp³-hybridized carbons (Fsp3) is 0.591. The molecule has 1 aromatic carbocycles. The smallest absolute Gasteiger partial charge is 0.220 e. The van der Waals surface area contributed by atoms with E-state index < -0.39 is 0 Å². The maximum atomic E-state index is 12.0. The number of hydrogen-bond donors (Lipinski definition) is 1. The van der Waals surface area contributed by atoms with Gasteiger partial charge >= 0.3 is 0 Å². The Morgan fingerprint density at radius 3 is 2.73 bits per heavy atom. The third-order valence-electron chi connectivity index (χ3n) is 5.51. The normalized spacial score (nSPS) is 22.1. The molecular formula is C22H32N2O2. The highest BCUT2D eigenvalue weighted by Gasteiger charge is 2.20. The Labute approximate surface area is 157 Å². The van der Waals surface area contributed by atoms with Gasteiger partial charge in [-0.1, -0.05) is 42.5 Å². The second-order valence-electron chi connectivity index (χ2n) is 7.53. The van der Waals surface area contributed by atoms with E-state index in [1.54, 1.807) is 0 Å². The number of hydrogen-bond acceptors (Lipinski definition) is 3. The average molecular weight is 357 g/mol. The van der Waals surface area contributed by atoms with Crippen molar-refractivity contribution in [3.05, 3.63) is 42.0 Å². The first-order valence-electron chi connectivity index (χ1n) is 10.1. The van der Waals surface area contributed by atoms with Gasteiger partial charge in [-0.2, -0.15) is 0 Å². The topological polar surface area (TPSA) is 41.6 Å². The molecule has 1 aromatic rings. The van der Waals surface area contributed by atoms with Crippen molar-refractivity contribution in [2.24, 2.45) is 5.92 Å². The molecule has 3 rings (SSSR count). The zero-order valence-electron chi connectivity index (χ0n) is 15.7. The number of amides is 1. The van der Waals surface area contributed by atoms with Crippen molar-refractivity contribution in [1.82, 2.24) is 10.2 Å². The van der Waals surface area contributed by atoms with Crippen LogP contribution in [0.1, 0.15) is 44.1 Å². The summed E-state index contributed by atoms with van der Waals surface area (Å²) < 4.78 is 5.54. The maximum absolute atomic E-state index is 12.0. The molecule has 4 nitrogen and oxygen atoms in total. The number of carbonyl (C=O) groups is 1. The van der Waals surface area contributed by atoms with Crippen molar-refractivity contribution >= 4 is 12.0 Å². The van der Waals surface area contributed by atoms with E-state index in [1.165, 1.54) is 18.4 Å². The molecule has 2 aliphatic rings. The van der Waals surface area contributed by atoms with Crippen molar-refractivity contribution in [1.29, 1.82) is 0 Å². The molecule has 0 aromatic heterocycles. The zero-order valence-corrected chi connectivity index (χ0v) is 15.7. The lowest BCUT2D eigenvalue weighted by atomic mass is 9.92. The van der Waals surface area contributed by atoms with Crippen molar-refractivity contribution < 1.29 is 9.53 Å². The van der Waals surface area contributed by atoms with Crippen LogP contribution in [0, 0.1) is 5.92 Å². The fourth-order valence-corrected chi connectivity index (χ4v) is 3.82. The minimum absolute atomic E-state index is 0.189. The van der Waals surface area contributed by atoms with E-state index in [0.717, 1.165) is 45.5 Å². The second-order valence-corrected chi connectivity index (χ2v) is 7.53. The first-order chi connectivity index (χ1) is 12.8. The van der Waals surface area contributed by atoms with Crippen LogP contribution in [0.4, 0.5) is 0 Å². The summed E-state index contributed by atoms with van der Waals surface area (Å²) in [6, 6.07) is 10.5. The second kappa shape index (κ2) is 10.5. The van der Waals surface area contributed by atoms with Crippen LogP contribution in [0.3, 0.4) is 0 Å². The van der Waals surface area contributed by atoms with E-state index >= 15 is 0 Å². The Morgan fingerprint density at radius 2 is 2.00 bits per heavy atom. The van der Waals surface area contributed by atoms with Crippen molar-refractivity contribution in [3.63, 3.8) is 0 Å². The van der Waals surface area contributed by atoms with E-state index in [1.807, 2.05) is 6.07 Å². The molecule has 1 atom stereocenters. The third-order valence-corrected chi connectivity index (χ3v) is 5.51. The minimum Gasteiger partial charge on any atom is -0.376 e. The molecule has 0 spiro atoms. The number of rotatable bonds is 8. The van der Waals surface area contributed by atoms with Crippen molar-refractivity contribution in [2.75, 3.05) is 32.8 Å². The molecule has 0 unspecified atom stereocenters. The SMILES string of the molecule is O=C(CCC1CCN(C/C=C/c2ccccc2)CC1)NC[C@@H]1CCCO1. The van der Waals surface area contributed by atoms with Gasteiger partial charge in [-0.25, -0.2) is 0 Å². The predicted molar refractivity (Wildman–Crippen MR) is 106 cm³/mol. The van der Waals surface area contributed by atoms with Crippen LogP contribution in [-0.4, -0.2) is 49.7 Å². The molecule has 0 aliphatic carbocycles. The number of nitrogens with one attached hydrogen (secondary N) is 1. The van der Waals surface area contributed by atoms with E-state index in [-0.39, 0.29) is 12.0 Å². The molecule has 0 radical (unpaired) electrons. The lowest BCUT2D eigenvalue weighted by molar-refractivity contribution is -0.122. The van der Waals surface area contributed by atoms with E-state index in [0.29, 0.717) is 18.9 Å². The first-order valence-corrected chi connectivity index (χ1v) is 10.1. The van der Waals surface area contributed by atoms with Gasteiger partial charge in [0, 0.05) is 26.1 Å². The Hall–Kier alpha value is -1.65. The summed E-state index contributed by atoms with van der Waals surface area (Å²) >= 11 is 0. The summed E-state index contributed by atoms with van der Waals surface area (Å²) in [4.78, 5) is 14.5. The minimum atomic E-state index is 0.189. The lowest BCUT2D eigenvalue weighted by Crippen LogP contribution is -2.35. The molecule has 1 N–H and O–H groups in total. The van der Waals surface area contributed by atoms with Crippen LogP contribution in [0.2, 0.25) is 0 Å². The Balaban J connectivity index is 1.26. The molecule has 142 valence electrons. The van der Waals surface area contributed by atoms with Crippen LogP contribution in [0.25, 0.3) is 6.08 Å². The van der Waals surface area contributed by atoms with Gasteiger partial charge in [-0.15, -0.1) is 0 Å². The summed E-state index contributed by atoms with van der Waals surface area (Å²) in [5.74, 6) is 0.881. The standard InChI is InChI=1S/C22H32N2O2/c25-22(23-18-21-9-5-17-26-21)11-10-20-12-15-24(16-13-20)14-4-8-19-6-2-1-3-7-19/h1-4,6-8,20-21H,5,9-18H2,(H,23,25)/b8-4+/t21-/m0/s1. The summed E-state index contributed by atoms with van der Waals surface area (Å²) in [5.41, 5.74) is 1.26. The number of benzene rings is 1. The average Bonchev–Trinajstić information content (AvgIpc) is 3.20. The van der Waals surface area contributed by atoms with E-state index in [9.17, 15) is 4.79 Å². The molecule has 2 saturated heterocycles. The molecule has 2 heterocycles. The number of ether oxygens (including phenoxy) is 1. The van der Waals surface area contributed by atoms with Crippen LogP contribution >= 0.6 is 0 Å². The van der Waals surface area contributed by atoms with Gasteiger partial charge in [-0.3, -0.25) is 9.69 Å². The van der Waals surface area contributed by atoms with Gasteiger partial charge in [0.1, 0.15) is 0 Å². The lowest BCUT2D eigenvalue weighted by Gasteiger charge is -2.31. The molecule has 26 heavy (non-hydrogen) atoms. The Bertz CT molecular complexity index is 559. The van der Waals surface area contributed by atoms with Crippen molar-refractivity contribution in [3.8, 4) is 0 Å². The largest absolute Gasteiger partial charge is 0.376 e. The molecule has 4 heteroatoms. The summed E-state index contributed by atoms with van der Waals surface area (Å²) in [5, 5.41) is 3.03. The third kappa shape index (κ3) is 6.58. The number of nitrogens with zero attached hydrogens (tertiary/aromatic N) is 1. The van der Waals surface area contributed by atoms with Gasteiger partial charge in [0.15, 0.2) is 0 Å². The van der Waals surface area contributed by atoms with Gasteiger partial charge < -0.3 is 10.1 Å². The monoisotopic (exact) mass is 356 g/mol. The van der Waals surface area contributed by atoms with Gasteiger partial charge in [0.2, 0.25) is 5.91 Å². The molecular weight excluding hydrogens is 324 g/mol. The molecule has 0 saturated carbocycles. The number of carbonyl (C=O) groups excluding carboxylic acids is 1. The molecule has 0 bridgehead atoms. The number of likely N-dealkylation sites (tertiary alicyclic amines) is 1. The quantitative estimate of drug-likeness (QED) is 0.775. The van der Waals surface area contributed by atoms with E-state index in [4.69, 9.17) is 4.74 Å².